The maximum absolute atomic E-state index is 6.34. The van der Waals surface area contributed by atoms with Crippen molar-refractivity contribution in [2.45, 2.75) is 77.8 Å². The second-order valence-electron chi connectivity index (χ2n) is 6.94. The Labute approximate surface area is 114 Å². The summed E-state index contributed by atoms with van der Waals surface area (Å²) in [6, 6.07) is 0.424. The van der Waals surface area contributed by atoms with E-state index in [4.69, 9.17) is 5.73 Å². The normalized spacial score (nSPS) is 29.8. The second kappa shape index (κ2) is 6.91. The predicted octanol–water partition coefficient (Wildman–Crippen LogP) is 3.65. The van der Waals surface area contributed by atoms with Crippen LogP contribution in [0.5, 0.6) is 0 Å². The second-order valence-corrected chi connectivity index (χ2v) is 6.94. The molecule has 18 heavy (non-hydrogen) atoms. The van der Waals surface area contributed by atoms with Crippen molar-refractivity contribution in [1.29, 1.82) is 0 Å². The highest BCUT2D eigenvalue weighted by Crippen LogP contribution is 2.32. The molecule has 1 aliphatic carbocycles. The van der Waals surface area contributed by atoms with Gasteiger partial charge in [0, 0.05) is 18.1 Å². The monoisotopic (exact) mass is 254 g/mol. The maximum Gasteiger partial charge on any atom is 0.0147 e. The van der Waals surface area contributed by atoms with Crippen molar-refractivity contribution in [3.8, 4) is 0 Å². The van der Waals surface area contributed by atoms with Crippen LogP contribution >= 0.6 is 0 Å². The highest BCUT2D eigenvalue weighted by Gasteiger charge is 2.31. The molecular weight excluding hydrogens is 220 g/mol. The van der Waals surface area contributed by atoms with Crippen LogP contribution in [-0.2, 0) is 0 Å². The van der Waals surface area contributed by atoms with Crippen LogP contribution in [0.2, 0.25) is 0 Å². The van der Waals surface area contributed by atoms with Crippen LogP contribution in [0.4, 0.5) is 0 Å². The zero-order valence-electron chi connectivity index (χ0n) is 13.2. The van der Waals surface area contributed by atoms with E-state index in [1.807, 2.05) is 0 Å². The number of rotatable bonds is 6. The molecule has 0 heterocycles. The van der Waals surface area contributed by atoms with Gasteiger partial charge in [-0.3, -0.25) is 0 Å². The van der Waals surface area contributed by atoms with Gasteiger partial charge in [0.05, 0.1) is 0 Å². The predicted molar refractivity (Wildman–Crippen MR) is 80.7 cm³/mol. The highest BCUT2D eigenvalue weighted by atomic mass is 15.2. The standard InChI is InChI=1S/C16H34N2/c1-6-8-13-9-10-15(17)14(11-13)12-18(5)16(3,4)7-2/h13-15H,6-12,17H2,1-5H3. The minimum absolute atomic E-state index is 0.303. The van der Waals surface area contributed by atoms with Crippen molar-refractivity contribution in [1.82, 2.24) is 4.90 Å². The molecule has 2 heteroatoms. The number of hydrogen-bond acceptors (Lipinski definition) is 2. The minimum atomic E-state index is 0.303. The van der Waals surface area contributed by atoms with Gasteiger partial charge in [0.2, 0.25) is 0 Å². The van der Waals surface area contributed by atoms with Crippen molar-refractivity contribution in [2.24, 2.45) is 17.6 Å². The Morgan fingerprint density at radius 1 is 1.22 bits per heavy atom. The van der Waals surface area contributed by atoms with Crippen LogP contribution in [-0.4, -0.2) is 30.1 Å². The molecule has 1 aliphatic rings. The van der Waals surface area contributed by atoms with Gasteiger partial charge < -0.3 is 10.6 Å². The lowest BCUT2D eigenvalue weighted by molar-refractivity contribution is 0.0946. The van der Waals surface area contributed by atoms with Crippen molar-refractivity contribution < 1.29 is 0 Å². The first-order valence-corrected chi connectivity index (χ1v) is 7.87. The van der Waals surface area contributed by atoms with Gasteiger partial charge >= 0.3 is 0 Å². The molecule has 2 nitrogen and oxygen atoms in total. The lowest BCUT2D eigenvalue weighted by atomic mass is 9.76. The molecule has 1 rings (SSSR count). The van der Waals surface area contributed by atoms with Gasteiger partial charge in [-0.2, -0.15) is 0 Å². The topological polar surface area (TPSA) is 29.3 Å². The third kappa shape index (κ3) is 4.24. The zero-order chi connectivity index (χ0) is 13.8. The number of hydrogen-bond donors (Lipinski definition) is 1. The van der Waals surface area contributed by atoms with Crippen LogP contribution in [0.25, 0.3) is 0 Å². The summed E-state index contributed by atoms with van der Waals surface area (Å²) < 4.78 is 0. The van der Waals surface area contributed by atoms with Crippen LogP contribution in [0.3, 0.4) is 0 Å². The Hall–Kier alpha value is -0.0800. The van der Waals surface area contributed by atoms with E-state index in [0.29, 0.717) is 17.5 Å². The van der Waals surface area contributed by atoms with E-state index < -0.39 is 0 Å². The Morgan fingerprint density at radius 3 is 2.44 bits per heavy atom. The first kappa shape index (κ1) is 16.0. The smallest absolute Gasteiger partial charge is 0.0147 e. The summed E-state index contributed by atoms with van der Waals surface area (Å²) in [6.07, 6.45) is 7.85. The van der Waals surface area contributed by atoms with E-state index in [1.165, 1.54) is 45.1 Å². The van der Waals surface area contributed by atoms with Crippen LogP contribution < -0.4 is 5.73 Å². The number of nitrogens with zero attached hydrogens (tertiary/aromatic N) is 1. The van der Waals surface area contributed by atoms with E-state index in [1.54, 1.807) is 0 Å². The molecular formula is C16H34N2. The first-order valence-electron chi connectivity index (χ1n) is 7.87. The molecule has 0 spiro atoms. The molecule has 1 saturated carbocycles. The molecule has 0 aliphatic heterocycles. The van der Waals surface area contributed by atoms with Crippen molar-refractivity contribution >= 4 is 0 Å². The molecule has 0 amide bonds. The Balaban J connectivity index is 2.53. The fraction of sp³-hybridized carbons (Fsp3) is 1.00. The zero-order valence-corrected chi connectivity index (χ0v) is 13.2. The first-order chi connectivity index (χ1) is 8.40. The van der Waals surface area contributed by atoms with Gasteiger partial charge in [-0.25, -0.2) is 0 Å². The van der Waals surface area contributed by atoms with E-state index in [0.717, 1.165) is 5.92 Å². The van der Waals surface area contributed by atoms with E-state index >= 15 is 0 Å². The Kier molecular flexibility index (Phi) is 6.13. The van der Waals surface area contributed by atoms with E-state index in [9.17, 15) is 0 Å². The molecule has 0 aromatic carbocycles. The summed E-state index contributed by atoms with van der Waals surface area (Å²) in [5.41, 5.74) is 6.65. The third-order valence-corrected chi connectivity index (χ3v) is 5.25. The lowest BCUT2D eigenvalue weighted by Gasteiger charge is -2.41. The Bertz CT molecular complexity index is 237. The minimum Gasteiger partial charge on any atom is -0.327 e. The van der Waals surface area contributed by atoms with Crippen molar-refractivity contribution in [3.05, 3.63) is 0 Å². The van der Waals surface area contributed by atoms with Gasteiger partial charge in [-0.1, -0.05) is 26.7 Å². The summed E-state index contributed by atoms with van der Waals surface area (Å²) in [5, 5.41) is 0. The molecule has 0 radical (unpaired) electrons. The molecule has 0 aromatic heterocycles. The Morgan fingerprint density at radius 2 is 1.89 bits per heavy atom. The summed E-state index contributed by atoms with van der Waals surface area (Å²) in [6.45, 7) is 10.4. The van der Waals surface area contributed by atoms with Gasteiger partial charge in [0.1, 0.15) is 0 Å². The fourth-order valence-electron chi connectivity index (χ4n) is 3.13. The molecule has 0 bridgehead atoms. The molecule has 0 saturated heterocycles. The molecule has 1 fully saturated rings. The fourth-order valence-corrected chi connectivity index (χ4v) is 3.13. The van der Waals surface area contributed by atoms with E-state index in [-0.39, 0.29) is 0 Å². The average Bonchev–Trinajstić information content (AvgIpc) is 2.33. The summed E-state index contributed by atoms with van der Waals surface area (Å²) in [7, 11) is 2.26. The maximum atomic E-state index is 6.34. The van der Waals surface area contributed by atoms with Crippen LogP contribution in [0.15, 0.2) is 0 Å². The SMILES string of the molecule is CCCC1CCC(N)C(CN(C)C(C)(C)CC)C1. The van der Waals surface area contributed by atoms with Crippen molar-refractivity contribution in [2.75, 3.05) is 13.6 Å². The van der Waals surface area contributed by atoms with Crippen LogP contribution in [0.1, 0.15) is 66.2 Å². The van der Waals surface area contributed by atoms with Gasteiger partial charge in [-0.05, 0) is 58.4 Å². The largest absolute Gasteiger partial charge is 0.327 e. The molecule has 0 aromatic rings. The van der Waals surface area contributed by atoms with E-state index in [2.05, 4.69) is 39.6 Å². The highest BCUT2D eigenvalue weighted by molar-refractivity contribution is 4.87. The molecule has 108 valence electrons. The summed E-state index contributed by atoms with van der Waals surface area (Å²) >= 11 is 0. The average molecular weight is 254 g/mol. The molecule has 3 atom stereocenters. The van der Waals surface area contributed by atoms with Crippen molar-refractivity contribution in [3.63, 3.8) is 0 Å². The molecule has 3 unspecified atom stereocenters. The lowest BCUT2D eigenvalue weighted by Crippen LogP contribution is -2.48. The van der Waals surface area contributed by atoms with Gasteiger partial charge in [0.15, 0.2) is 0 Å². The summed E-state index contributed by atoms with van der Waals surface area (Å²) in [4.78, 5) is 2.52. The van der Waals surface area contributed by atoms with Gasteiger partial charge in [0.25, 0.3) is 0 Å². The third-order valence-electron chi connectivity index (χ3n) is 5.25. The molecule has 2 N–H and O–H groups in total. The number of nitrogens with two attached hydrogens (primary N) is 1. The van der Waals surface area contributed by atoms with Crippen LogP contribution in [0, 0.1) is 11.8 Å². The summed E-state index contributed by atoms with van der Waals surface area (Å²) in [5.74, 6) is 1.63. The van der Waals surface area contributed by atoms with Gasteiger partial charge in [-0.15, -0.1) is 0 Å². The quantitative estimate of drug-likeness (QED) is 0.784.